The lowest BCUT2D eigenvalue weighted by atomic mass is 9.83. The van der Waals surface area contributed by atoms with Gasteiger partial charge in [-0.15, -0.1) is 0 Å². The molecule has 2 aromatic heterocycles. The second-order valence-corrected chi connectivity index (χ2v) is 12.6. The van der Waals surface area contributed by atoms with Crippen molar-refractivity contribution in [2.24, 2.45) is 18.9 Å². The molecular formula is C38H43N5O2. The van der Waals surface area contributed by atoms with Crippen LogP contribution in [0.1, 0.15) is 43.2 Å². The molecule has 7 heteroatoms. The average molecular weight is 602 g/mol. The Hall–Kier alpha value is -4.36. The van der Waals surface area contributed by atoms with Gasteiger partial charge < -0.3 is 19.7 Å². The molecule has 1 N–H and O–H groups in total. The van der Waals surface area contributed by atoms with Crippen LogP contribution in [0.2, 0.25) is 0 Å². The van der Waals surface area contributed by atoms with Gasteiger partial charge in [0, 0.05) is 37.3 Å². The molecule has 232 valence electrons. The Bertz CT molecular complexity index is 1690. The van der Waals surface area contributed by atoms with Gasteiger partial charge in [-0.05, 0) is 92.4 Å². The van der Waals surface area contributed by atoms with E-state index >= 15 is 0 Å². The molecule has 0 spiro atoms. The van der Waals surface area contributed by atoms with Crippen molar-refractivity contribution < 1.29 is 9.47 Å². The summed E-state index contributed by atoms with van der Waals surface area (Å²) in [6, 6.07) is 31.0. The topological polar surface area (TPSA) is 64.4 Å². The molecule has 2 fully saturated rings. The highest BCUT2D eigenvalue weighted by Crippen LogP contribution is 2.37. The Morgan fingerprint density at radius 3 is 2.13 bits per heavy atom. The number of ether oxygens (including phenoxy) is 2. The van der Waals surface area contributed by atoms with E-state index < -0.39 is 0 Å². The van der Waals surface area contributed by atoms with Gasteiger partial charge in [0.15, 0.2) is 0 Å². The lowest BCUT2D eigenvalue weighted by molar-refractivity contribution is 0.268. The van der Waals surface area contributed by atoms with Crippen molar-refractivity contribution >= 4 is 16.6 Å². The Balaban J connectivity index is 1.11. The minimum absolute atomic E-state index is 0.408. The molecule has 7 nitrogen and oxygen atoms in total. The molecule has 3 aromatic carbocycles. The molecule has 0 bridgehead atoms. The molecule has 0 radical (unpaired) electrons. The van der Waals surface area contributed by atoms with Gasteiger partial charge in [0.2, 0.25) is 11.8 Å². The molecule has 2 saturated heterocycles. The molecule has 4 heterocycles. The van der Waals surface area contributed by atoms with E-state index in [2.05, 4.69) is 40.5 Å². The van der Waals surface area contributed by atoms with Crippen LogP contribution < -0.4 is 19.7 Å². The van der Waals surface area contributed by atoms with Crippen LogP contribution in [0.4, 0.5) is 5.69 Å². The van der Waals surface area contributed by atoms with Crippen molar-refractivity contribution in [3.8, 4) is 23.0 Å². The monoisotopic (exact) mass is 601 g/mol. The van der Waals surface area contributed by atoms with Crippen LogP contribution in [0.25, 0.3) is 22.2 Å². The lowest BCUT2D eigenvalue weighted by Gasteiger charge is -2.36. The number of nitrogens with one attached hydrogen (secondary N) is 1. The molecule has 0 amide bonds. The molecule has 0 unspecified atom stereocenters. The number of hydrogen-bond acceptors (Lipinski definition) is 6. The van der Waals surface area contributed by atoms with Gasteiger partial charge in [-0.2, -0.15) is 10.1 Å². The molecule has 2 aliphatic rings. The summed E-state index contributed by atoms with van der Waals surface area (Å²) in [5, 5.41) is 9.59. The number of hydrogen-bond donors (Lipinski definition) is 1. The van der Waals surface area contributed by atoms with Crippen LogP contribution in [-0.2, 0) is 20.3 Å². The van der Waals surface area contributed by atoms with E-state index in [1.54, 1.807) is 0 Å². The molecule has 0 saturated carbocycles. The Labute approximate surface area is 266 Å². The summed E-state index contributed by atoms with van der Waals surface area (Å²) in [6.45, 7) is 5.48. The SMILES string of the molecule is Cn1nc(-c2ccc(OCc3ccccc3)nc2OCc2ccccc2)c2ccc(N3CCC(CC4CCNCC4)CC3)cc21. The third kappa shape index (κ3) is 6.99. The molecule has 0 aliphatic carbocycles. The molecule has 5 aromatic rings. The average Bonchev–Trinajstić information content (AvgIpc) is 3.43. The molecule has 2 aliphatic heterocycles. The number of nitrogens with zero attached hydrogens (tertiary/aromatic N) is 4. The summed E-state index contributed by atoms with van der Waals surface area (Å²) in [5.41, 5.74) is 6.28. The van der Waals surface area contributed by atoms with E-state index in [0.29, 0.717) is 25.0 Å². The number of benzene rings is 3. The lowest BCUT2D eigenvalue weighted by Crippen LogP contribution is -2.35. The Morgan fingerprint density at radius 2 is 1.42 bits per heavy atom. The van der Waals surface area contributed by atoms with E-state index in [1.165, 1.54) is 50.9 Å². The van der Waals surface area contributed by atoms with Crippen LogP contribution in [-0.4, -0.2) is 40.9 Å². The Morgan fingerprint density at radius 1 is 0.756 bits per heavy atom. The Kier molecular flexibility index (Phi) is 8.96. The van der Waals surface area contributed by atoms with E-state index in [4.69, 9.17) is 19.6 Å². The van der Waals surface area contributed by atoms with Crippen molar-refractivity contribution in [3.63, 3.8) is 0 Å². The summed E-state index contributed by atoms with van der Waals surface area (Å²) in [7, 11) is 2.02. The van der Waals surface area contributed by atoms with Crippen molar-refractivity contribution in [2.45, 2.75) is 45.3 Å². The van der Waals surface area contributed by atoms with Gasteiger partial charge in [0.25, 0.3) is 0 Å². The molecule has 45 heavy (non-hydrogen) atoms. The maximum Gasteiger partial charge on any atom is 0.226 e. The number of fused-ring (bicyclic) bond motifs is 1. The van der Waals surface area contributed by atoms with Crippen molar-refractivity contribution in [1.29, 1.82) is 0 Å². The first-order valence-corrected chi connectivity index (χ1v) is 16.5. The molecule has 0 atom stereocenters. The number of aromatic nitrogens is 3. The quantitative estimate of drug-likeness (QED) is 0.180. The van der Waals surface area contributed by atoms with Gasteiger partial charge in [-0.1, -0.05) is 60.7 Å². The van der Waals surface area contributed by atoms with Crippen LogP contribution in [0.3, 0.4) is 0 Å². The zero-order valence-corrected chi connectivity index (χ0v) is 26.2. The van der Waals surface area contributed by atoms with E-state index in [0.717, 1.165) is 58.2 Å². The maximum atomic E-state index is 6.36. The van der Waals surface area contributed by atoms with Gasteiger partial charge >= 0.3 is 0 Å². The summed E-state index contributed by atoms with van der Waals surface area (Å²) in [5.74, 6) is 2.81. The van der Waals surface area contributed by atoms with Gasteiger partial charge in [0.05, 0.1) is 11.1 Å². The third-order valence-electron chi connectivity index (χ3n) is 9.48. The summed E-state index contributed by atoms with van der Waals surface area (Å²) >= 11 is 0. The van der Waals surface area contributed by atoms with E-state index in [9.17, 15) is 0 Å². The minimum Gasteiger partial charge on any atom is -0.473 e. The highest BCUT2D eigenvalue weighted by atomic mass is 16.5. The fourth-order valence-electron chi connectivity index (χ4n) is 6.91. The molecular weight excluding hydrogens is 558 g/mol. The van der Waals surface area contributed by atoms with Gasteiger partial charge in [-0.3, -0.25) is 4.68 Å². The van der Waals surface area contributed by atoms with Crippen molar-refractivity contribution in [1.82, 2.24) is 20.1 Å². The molecule has 7 rings (SSSR count). The second kappa shape index (κ2) is 13.7. The smallest absolute Gasteiger partial charge is 0.226 e. The zero-order valence-electron chi connectivity index (χ0n) is 26.2. The fourth-order valence-corrected chi connectivity index (χ4v) is 6.91. The van der Waals surface area contributed by atoms with E-state index in [-0.39, 0.29) is 0 Å². The normalized spacial score (nSPS) is 16.2. The van der Waals surface area contributed by atoms with Crippen molar-refractivity contribution in [3.05, 3.63) is 102 Å². The van der Waals surface area contributed by atoms with Crippen LogP contribution in [0.15, 0.2) is 91.0 Å². The maximum absolute atomic E-state index is 6.36. The standard InChI is InChI=1S/C38H43N5O2/c1-42-35-25-32(43-22-18-29(19-23-43)24-28-16-20-39-21-17-28)12-13-33(35)37(41-42)34-14-15-36(44-26-30-8-4-2-5-9-30)40-38(34)45-27-31-10-6-3-7-11-31/h2-15,25,28-29,39H,16-24,26-27H2,1H3. The minimum atomic E-state index is 0.408. The predicted octanol–water partition coefficient (Wildman–Crippen LogP) is 7.40. The summed E-state index contributed by atoms with van der Waals surface area (Å²) < 4.78 is 14.4. The highest BCUT2D eigenvalue weighted by molar-refractivity contribution is 5.96. The first-order valence-electron chi connectivity index (χ1n) is 16.5. The number of aryl methyl sites for hydroxylation is 1. The number of anilines is 1. The van der Waals surface area contributed by atoms with Crippen LogP contribution in [0, 0.1) is 11.8 Å². The van der Waals surface area contributed by atoms with E-state index in [1.807, 2.05) is 72.4 Å². The third-order valence-corrected chi connectivity index (χ3v) is 9.48. The number of rotatable bonds is 10. The predicted molar refractivity (Wildman–Crippen MR) is 181 cm³/mol. The van der Waals surface area contributed by atoms with Gasteiger partial charge in [-0.25, -0.2) is 0 Å². The van der Waals surface area contributed by atoms with Crippen LogP contribution in [0.5, 0.6) is 11.8 Å². The van der Waals surface area contributed by atoms with Crippen LogP contribution >= 0.6 is 0 Å². The van der Waals surface area contributed by atoms with Crippen molar-refractivity contribution in [2.75, 3.05) is 31.1 Å². The number of pyridine rings is 1. The fraction of sp³-hybridized carbons (Fsp3) is 0.368. The highest BCUT2D eigenvalue weighted by Gasteiger charge is 2.25. The second-order valence-electron chi connectivity index (χ2n) is 12.6. The van der Waals surface area contributed by atoms with Gasteiger partial charge in [0.1, 0.15) is 18.9 Å². The summed E-state index contributed by atoms with van der Waals surface area (Å²) in [4.78, 5) is 7.39. The first kappa shape index (κ1) is 29.4. The zero-order chi connectivity index (χ0) is 30.4. The first-order chi connectivity index (χ1) is 22.2. The summed E-state index contributed by atoms with van der Waals surface area (Å²) in [6.07, 6.45) is 6.66. The number of piperidine rings is 2. The largest absolute Gasteiger partial charge is 0.473 e.